The molecule has 1 aromatic rings. The Labute approximate surface area is 117 Å². The summed E-state index contributed by atoms with van der Waals surface area (Å²) in [6.45, 7) is 2.42. The van der Waals surface area contributed by atoms with Crippen molar-refractivity contribution in [1.82, 2.24) is 9.88 Å². The number of likely N-dealkylation sites (tertiary alicyclic amines) is 1. The molecule has 0 unspecified atom stereocenters. The number of thiazole rings is 1. The molecular weight excluding hydrogens is 252 g/mol. The molecule has 98 valence electrons. The number of hydrogen-bond donors (Lipinski definition) is 0. The van der Waals surface area contributed by atoms with E-state index >= 15 is 0 Å². The first-order valence-corrected chi connectivity index (χ1v) is 7.90. The Balaban J connectivity index is 1.71. The second-order valence-electron chi connectivity index (χ2n) is 5.72. The third kappa shape index (κ3) is 1.92. The molecule has 0 bridgehead atoms. The smallest absolute Gasteiger partial charge is 0.0970 e. The van der Waals surface area contributed by atoms with Crippen molar-refractivity contribution >= 4 is 23.0 Å². The lowest BCUT2D eigenvalue weighted by molar-refractivity contribution is 0.255. The zero-order valence-corrected chi connectivity index (χ0v) is 12.0. The molecule has 0 amide bonds. The van der Waals surface area contributed by atoms with Crippen LogP contribution in [0.2, 0.25) is 0 Å². The Hall–Kier alpha value is -1.19. The predicted octanol–water partition coefficient (Wildman–Crippen LogP) is 1.78. The highest BCUT2D eigenvalue weighted by Crippen LogP contribution is 2.29. The van der Waals surface area contributed by atoms with Crippen molar-refractivity contribution in [2.45, 2.75) is 25.2 Å². The zero-order chi connectivity index (χ0) is 12.8. The standard InChI is InChI=1S/C16H18N2S/c1-18-8-6-11(7-9-18)16-17-15-13-5-3-2-4-12(13)10-14(15)19-16/h2-4,10-11H,5-9H2,1H3. The van der Waals surface area contributed by atoms with Gasteiger partial charge < -0.3 is 4.90 Å². The summed E-state index contributed by atoms with van der Waals surface area (Å²) in [7, 11) is 2.22. The van der Waals surface area contributed by atoms with Crippen LogP contribution < -0.4 is 9.88 Å². The molecule has 1 saturated heterocycles. The highest BCUT2D eigenvalue weighted by molar-refractivity contribution is 7.09. The molecule has 2 nitrogen and oxygen atoms in total. The van der Waals surface area contributed by atoms with Gasteiger partial charge in [-0.15, -0.1) is 11.3 Å². The molecule has 0 N–H and O–H groups in total. The van der Waals surface area contributed by atoms with Gasteiger partial charge in [0.2, 0.25) is 0 Å². The first-order valence-electron chi connectivity index (χ1n) is 7.08. The quantitative estimate of drug-likeness (QED) is 0.773. The lowest BCUT2D eigenvalue weighted by Crippen LogP contribution is -2.29. The highest BCUT2D eigenvalue weighted by atomic mass is 32.1. The summed E-state index contributed by atoms with van der Waals surface area (Å²) in [6.07, 6.45) is 12.5. The van der Waals surface area contributed by atoms with E-state index in [1.54, 1.807) is 0 Å². The molecule has 0 saturated carbocycles. The molecule has 0 aromatic carbocycles. The molecule has 1 aliphatic heterocycles. The highest BCUT2D eigenvalue weighted by Gasteiger charge is 2.23. The summed E-state index contributed by atoms with van der Waals surface area (Å²) >= 11 is 1.92. The second kappa shape index (κ2) is 4.43. The van der Waals surface area contributed by atoms with Gasteiger partial charge >= 0.3 is 0 Å². The van der Waals surface area contributed by atoms with Crippen molar-refractivity contribution in [1.29, 1.82) is 0 Å². The number of fused-ring (bicyclic) bond motifs is 2. The van der Waals surface area contributed by atoms with Crippen LogP contribution in [0.15, 0.2) is 23.8 Å². The van der Waals surface area contributed by atoms with Gasteiger partial charge in [0.15, 0.2) is 0 Å². The summed E-state index contributed by atoms with van der Waals surface area (Å²) in [5.41, 5.74) is 2.82. The average molecular weight is 270 g/mol. The molecule has 2 aliphatic carbocycles. The molecule has 1 fully saturated rings. The summed E-state index contributed by atoms with van der Waals surface area (Å²) in [6, 6.07) is 0. The third-order valence-electron chi connectivity index (χ3n) is 4.39. The maximum absolute atomic E-state index is 4.98. The number of nitrogens with zero attached hydrogens (tertiary/aromatic N) is 2. The lowest BCUT2D eigenvalue weighted by atomic mass is 9.98. The first-order chi connectivity index (χ1) is 9.31. The monoisotopic (exact) mass is 270 g/mol. The molecule has 3 heteroatoms. The molecule has 0 spiro atoms. The van der Waals surface area contributed by atoms with Gasteiger partial charge in [-0.3, -0.25) is 0 Å². The van der Waals surface area contributed by atoms with Crippen LogP contribution >= 0.6 is 11.3 Å². The van der Waals surface area contributed by atoms with Crippen molar-refractivity contribution in [2.24, 2.45) is 0 Å². The fraction of sp³-hybridized carbons (Fsp3) is 0.438. The third-order valence-corrected chi connectivity index (χ3v) is 5.56. The summed E-state index contributed by atoms with van der Waals surface area (Å²) in [4.78, 5) is 7.40. The first kappa shape index (κ1) is 11.6. The molecule has 1 aromatic heterocycles. The van der Waals surface area contributed by atoms with Crippen molar-refractivity contribution in [2.75, 3.05) is 20.1 Å². The Morgan fingerprint density at radius 3 is 3.00 bits per heavy atom. The molecule has 0 radical (unpaired) electrons. The van der Waals surface area contributed by atoms with Crippen molar-refractivity contribution in [3.8, 4) is 0 Å². The van der Waals surface area contributed by atoms with Crippen LogP contribution in [0.25, 0.3) is 11.6 Å². The largest absolute Gasteiger partial charge is 0.306 e. The van der Waals surface area contributed by atoms with E-state index in [0.29, 0.717) is 5.92 Å². The predicted molar refractivity (Wildman–Crippen MR) is 80.5 cm³/mol. The minimum Gasteiger partial charge on any atom is -0.306 e. The Morgan fingerprint density at radius 2 is 2.16 bits per heavy atom. The number of allylic oxidation sites excluding steroid dienone is 4. The molecule has 0 atom stereocenters. The molecular formula is C16H18N2S. The van der Waals surface area contributed by atoms with E-state index in [1.165, 1.54) is 52.0 Å². The van der Waals surface area contributed by atoms with E-state index in [4.69, 9.17) is 4.98 Å². The van der Waals surface area contributed by atoms with E-state index in [0.717, 1.165) is 6.42 Å². The summed E-state index contributed by atoms with van der Waals surface area (Å²) < 4.78 is 1.39. The normalized spacial score (nSPS) is 23.0. The van der Waals surface area contributed by atoms with Gasteiger partial charge in [-0.1, -0.05) is 18.2 Å². The zero-order valence-electron chi connectivity index (χ0n) is 11.2. The number of hydrogen-bond acceptors (Lipinski definition) is 3. The van der Waals surface area contributed by atoms with Crippen LogP contribution in [0.4, 0.5) is 0 Å². The lowest BCUT2D eigenvalue weighted by Gasteiger charge is -2.27. The van der Waals surface area contributed by atoms with Crippen molar-refractivity contribution < 1.29 is 0 Å². The minimum atomic E-state index is 0.687. The van der Waals surface area contributed by atoms with Crippen LogP contribution in [0.3, 0.4) is 0 Å². The van der Waals surface area contributed by atoms with Crippen LogP contribution in [-0.4, -0.2) is 30.0 Å². The van der Waals surface area contributed by atoms with Crippen LogP contribution in [0, 0.1) is 0 Å². The van der Waals surface area contributed by atoms with Gasteiger partial charge in [0, 0.05) is 5.92 Å². The minimum absolute atomic E-state index is 0.687. The van der Waals surface area contributed by atoms with Gasteiger partial charge in [0.25, 0.3) is 0 Å². The van der Waals surface area contributed by atoms with Gasteiger partial charge in [-0.05, 0) is 56.6 Å². The van der Waals surface area contributed by atoms with Crippen molar-refractivity contribution in [3.05, 3.63) is 38.7 Å². The van der Waals surface area contributed by atoms with E-state index < -0.39 is 0 Å². The average Bonchev–Trinajstić information content (AvgIpc) is 2.97. The SMILES string of the molecule is CN1CCC(c2nc3c(s2)=CC2=CC=CCC=32)CC1. The topological polar surface area (TPSA) is 16.1 Å². The molecule has 3 aliphatic rings. The fourth-order valence-corrected chi connectivity index (χ4v) is 4.40. The van der Waals surface area contributed by atoms with Crippen LogP contribution in [-0.2, 0) is 0 Å². The maximum atomic E-state index is 4.98. The van der Waals surface area contributed by atoms with E-state index in [2.05, 4.69) is 36.3 Å². The van der Waals surface area contributed by atoms with Crippen LogP contribution in [0.5, 0.6) is 0 Å². The number of piperidine rings is 1. The maximum Gasteiger partial charge on any atom is 0.0970 e. The molecule has 19 heavy (non-hydrogen) atoms. The van der Waals surface area contributed by atoms with E-state index in [1.807, 2.05) is 11.3 Å². The van der Waals surface area contributed by atoms with Gasteiger partial charge in [0.05, 0.1) is 14.9 Å². The number of rotatable bonds is 1. The Bertz CT molecular complexity index is 685. The Kier molecular flexibility index (Phi) is 2.71. The summed E-state index contributed by atoms with van der Waals surface area (Å²) in [5.74, 6) is 0.687. The Morgan fingerprint density at radius 1 is 1.32 bits per heavy atom. The second-order valence-corrected chi connectivity index (χ2v) is 6.78. The van der Waals surface area contributed by atoms with E-state index in [-0.39, 0.29) is 0 Å². The summed E-state index contributed by atoms with van der Waals surface area (Å²) in [5, 5.41) is 2.64. The van der Waals surface area contributed by atoms with Gasteiger partial charge in [0.1, 0.15) is 0 Å². The van der Waals surface area contributed by atoms with Crippen molar-refractivity contribution in [3.63, 3.8) is 0 Å². The van der Waals surface area contributed by atoms with E-state index in [9.17, 15) is 0 Å². The van der Waals surface area contributed by atoms with Gasteiger partial charge in [-0.25, -0.2) is 4.98 Å². The van der Waals surface area contributed by atoms with Gasteiger partial charge in [-0.2, -0.15) is 0 Å². The fourth-order valence-electron chi connectivity index (χ4n) is 3.18. The molecule has 2 heterocycles. The van der Waals surface area contributed by atoms with Crippen LogP contribution in [0.1, 0.15) is 30.2 Å². The number of aromatic nitrogens is 1. The molecule has 4 rings (SSSR count).